The van der Waals surface area contributed by atoms with Gasteiger partial charge in [-0.2, -0.15) is 0 Å². The van der Waals surface area contributed by atoms with Crippen LogP contribution in [0.1, 0.15) is 0 Å². The van der Waals surface area contributed by atoms with Gasteiger partial charge in [-0.3, -0.25) is 0 Å². The first kappa shape index (κ1) is 17.1. The molecule has 0 amide bonds. The number of halogens is 6. The summed E-state index contributed by atoms with van der Waals surface area (Å²) in [5.41, 5.74) is -1.31. The molecule has 3 rings (SSSR count). The average molecular weight is 350 g/mol. The van der Waals surface area contributed by atoms with Gasteiger partial charge >= 0.3 is 0 Å². The SMILES string of the molecule is Fc1cccc(B(c2cccc(F)c2F)c2cccc(F)c2F)c1F. The third-order valence-corrected chi connectivity index (χ3v) is 3.88. The predicted octanol–water partition coefficient (Wildman–Crippen LogP) is 3.04. The van der Waals surface area contributed by atoms with Gasteiger partial charge in [0.15, 0.2) is 34.9 Å². The summed E-state index contributed by atoms with van der Waals surface area (Å²) in [5, 5.41) is 0. The van der Waals surface area contributed by atoms with E-state index in [0.29, 0.717) is 0 Å². The Morgan fingerprint density at radius 1 is 0.440 bits per heavy atom. The van der Waals surface area contributed by atoms with Crippen molar-refractivity contribution in [2.45, 2.75) is 0 Å². The maximum atomic E-state index is 14.3. The van der Waals surface area contributed by atoms with E-state index < -0.39 is 58.0 Å². The summed E-state index contributed by atoms with van der Waals surface area (Å²) in [4.78, 5) is 0. The molecule has 25 heavy (non-hydrogen) atoms. The molecule has 0 atom stereocenters. The molecule has 0 aliphatic heterocycles. The summed E-state index contributed by atoms with van der Waals surface area (Å²) < 4.78 is 83.7. The van der Waals surface area contributed by atoms with E-state index >= 15 is 0 Å². The Morgan fingerprint density at radius 3 is 1.00 bits per heavy atom. The summed E-state index contributed by atoms with van der Waals surface area (Å²) in [5.74, 6) is -7.76. The third kappa shape index (κ3) is 3.02. The second kappa shape index (κ2) is 6.66. The topological polar surface area (TPSA) is 0 Å². The van der Waals surface area contributed by atoms with Crippen LogP contribution in [0.2, 0.25) is 0 Å². The fourth-order valence-electron chi connectivity index (χ4n) is 2.73. The number of hydrogen-bond donors (Lipinski definition) is 0. The molecule has 126 valence electrons. The highest BCUT2D eigenvalue weighted by molar-refractivity contribution is 6.95. The molecule has 0 nitrogen and oxygen atoms in total. The van der Waals surface area contributed by atoms with Crippen molar-refractivity contribution in [1.82, 2.24) is 0 Å². The van der Waals surface area contributed by atoms with Crippen LogP contribution in [0.5, 0.6) is 0 Å². The molecule has 0 saturated carbocycles. The molecule has 3 aromatic carbocycles. The minimum absolute atomic E-state index is 0.436. The van der Waals surface area contributed by atoms with Gasteiger partial charge in [0.05, 0.1) is 0 Å². The molecule has 0 aromatic heterocycles. The van der Waals surface area contributed by atoms with Gasteiger partial charge in [0.2, 0.25) is 0 Å². The average Bonchev–Trinajstić information content (AvgIpc) is 2.59. The van der Waals surface area contributed by atoms with Crippen LogP contribution in [0.4, 0.5) is 26.3 Å². The maximum absolute atomic E-state index is 14.3. The molecule has 0 unspecified atom stereocenters. The van der Waals surface area contributed by atoms with Crippen LogP contribution >= 0.6 is 0 Å². The van der Waals surface area contributed by atoms with E-state index in [1.165, 1.54) is 0 Å². The van der Waals surface area contributed by atoms with Crippen LogP contribution in [-0.4, -0.2) is 6.71 Å². The Labute approximate surface area is 139 Å². The molecule has 7 heteroatoms. The fraction of sp³-hybridized carbons (Fsp3) is 0. The second-order valence-electron chi connectivity index (χ2n) is 5.36. The van der Waals surface area contributed by atoms with Crippen LogP contribution in [-0.2, 0) is 0 Å². The summed E-state index contributed by atoms with van der Waals surface area (Å²) >= 11 is 0. The first-order valence-corrected chi connectivity index (χ1v) is 7.23. The van der Waals surface area contributed by atoms with Crippen LogP contribution < -0.4 is 16.4 Å². The lowest BCUT2D eigenvalue weighted by Gasteiger charge is -2.18. The van der Waals surface area contributed by atoms with Gasteiger partial charge in [0.1, 0.15) is 0 Å². The number of rotatable bonds is 3. The van der Waals surface area contributed by atoms with E-state index in [0.717, 1.165) is 54.6 Å². The van der Waals surface area contributed by atoms with Gasteiger partial charge in [-0.25, -0.2) is 26.3 Å². The molecule has 0 N–H and O–H groups in total. The molecule has 0 aliphatic carbocycles. The van der Waals surface area contributed by atoms with Crippen LogP contribution in [0.25, 0.3) is 0 Å². The summed E-state index contributed by atoms with van der Waals surface area (Å²) in [6.07, 6.45) is 0. The largest absolute Gasteiger partial charge is 0.253 e. The fourth-order valence-corrected chi connectivity index (χ4v) is 2.73. The van der Waals surface area contributed by atoms with Crippen molar-refractivity contribution in [3.05, 3.63) is 89.5 Å². The van der Waals surface area contributed by atoms with Gasteiger partial charge in [-0.05, 0) is 34.6 Å². The smallest absolute Gasteiger partial charge is 0.204 e. The Bertz CT molecular complexity index is 818. The highest BCUT2D eigenvalue weighted by atomic mass is 19.2. The lowest BCUT2D eigenvalue weighted by molar-refractivity contribution is 0.510. The highest BCUT2D eigenvalue weighted by Gasteiger charge is 2.32. The minimum atomic E-state index is -1.57. The second-order valence-corrected chi connectivity index (χ2v) is 5.36. The highest BCUT2D eigenvalue weighted by Crippen LogP contribution is 2.10. The molecule has 3 aromatic rings. The molecule has 0 bridgehead atoms. The van der Waals surface area contributed by atoms with Crippen molar-refractivity contribution in [3.63, 3.8) is 0 Å². The molecule has 0 saturated heterocycles. The van der Waals surface area contributed by atoms with Crippen molar-refractivity contribution in [1.29, 1.82) is 0 Å². The van der Waals surface area contributed by atoms with Crippen LogP contribution in [0.15, 0.2) is 54.6 Å². The third-order valence-electron chi connectivity index (χ3n) is 3.88. The maximum Gasteiger partial charge on any atom is 0.253 e. The van der Waals surface area contributed by atoms with E-state index in [9.17, 15) is 26.3 Å². The van der Waals surface area contributed by atoms with E-state index in [-0.39, 0.29) is 0 Å². The van der Waals surface area contributed by atoms with Gasteiger partial charge < -0.3 is 0 Å². The predicted molar refractivity (Wildman–Crippen MR) is 83.7 cm³/mol. The van der Waals surface area contributed by atoms with E-state index in [1.807, 2.05) is 0 Å². The van der Waals surface area contributed by atoms with Crippen molar-refractivity contribution < 1.29 is 26.3 Å². The van der Waals surface area contributed by atoms with Crippen molar-refractivity contribution in [2.24, 2.45) is 0 Å². The molecule has 0 fully saturated rings. The van der Waals surface area contributed by atoms with Gasteiger partial charge in [0.25, 0.3) is 6.71 Å². The first-order chi connectivity index (χ1) is 11.9. The van der Waals surface area contributed by atoms with Gasteiger partial charge in [-0.1, -0.05) is 36.4 Å². The Balaban J connectivity index is 2.35. The number of hydrogen-bond acceptors (Lipinski definition) is 0. The minimum Gasteiger partial charge on any atom is -0.204 e. The van der Waals surface area contributed by atoms with Crippen molar-refractivity contribution >= 4 is 23.1 Å². The van der Waals surface area contributed by atoms with E-state index in [1.54, 1.807) is 0 Å². The van der Waals surface area contributed by atoms with Gasteiger partial charge in [0, 0.05) is 0 Å². The Hall–Kier alpha value is -2.70. The Kier molecular flexibility index (Phi) is 4.57. The van der Waals surface area contributed by atoms with Crippen molar-refractivity contribution in [3.8, 4) is 0 Å². The summed E-state index contributed by atoms with van der Waals surface area (Å²) in [6.45, 7) is -1.57. The van der Waals surface area contributed by atoms with Gasteiger partial charge in [-0.15, -0.1) is 0 Å². The monoisotopic (exact) mass is 350 g/mol. The summed E-state index contributed by atoms with van der Waals surface area (Å²) in [6, 6.07) is 9.27. The summed E-state index contributed by atoms with van der Waals surface area (Å²) in [7, 11) is 0. The molecule has 0 heterocycles. The van der Waals surface area contributed by atoms with E-state index in [4.69, 9.17) is 0 Å². The zero-order valence-corrected chi connectivity index (χ0v) is 12.5. The molecule has 0 spiro atoms. The quantitative estimate of drug-likeness (QED) is 0.503. The first-order valence-electron chi connectivity index (χ1n) is 7.23. The zero-order valence-electron chi connectivity index (χ0n) is 12.5. The molecular formula is C18H9BF6. The zero-order chi connectivity index (χ0) is 18.1. The van der Waals surface area contributed by atoms with Crippen molar-refractivity contribution in [2.75, 3.05) is 0 Å². The molecular weight excluding hydrogens is 341 g/mol. The molecule has 0 aliphatic rings. The number of benzene rings is 3. The van der Waals surface area contributed by atoms with Crippen LogP contribution in [0, 0.1) is 34.9 Å². The Morgan fingerprint density at radius 2 is 0.720 bits per heavy atom. The lowest BCUT2D eigenvalue weighted by atomic mass is 9.36. The molecule has 0 radical (unpaired) electrons. The van der Waals surface area contributed by atoms with Crippen LogP contribution in [0.3, 0.4) is 0 Å². The standard InChI is InChI=1S/C18H9BF6/c20-13-7-1-4-10(16(13)23)19(11-5-2-8-14(21)17(11)24)12-6-3-9-15(22)18(12)25/h1-9H. The normalized spacial score (nSPS) is 10.8. The lowest BCUT2D eigenvalue weighted by Crippen LogP contribution is -2.56. The van der Waals surface area contributed by atoms with E-state index in [2.05, 4.69) is 0 Å².